The summed E-state index contributed by atoms with van der Waals surface area (Å²) in [5.41, 5.74) is 0.541. The molecule has 0 unspecified atom stereocenters. The predicted octanol–water partition coefficient (Wildman–Crippen LogP) is 0.452. The van der Waals surface area contributed by atoms with E-state index in [0.29, 0.717) is 5.56 Å². The van der Waals surface area contributed by atoms with Crippen LogP contribution in [0.2, 0.25) is 0 Å². The third kappa shape index (κ3) is 3.16. The van der Waals surface area contributed by atoms with Gasteiger partial charge in [-0.05, 0) is 23.8 Å². The monoisotopic (exact) mass is 243 g/mol. The van der Waals surface area contributed by atoms with Gasteiger partial charge in [0.2, 0.25) is 0 Å². The highest BCUT2D eigenvalue weighted by Gasteiger charge is 2.10. The first-order valence-electron chi connectivity index (χ1n) is 4.12. The van der Waals surface area contributed by atoms with Crippen molar-refractivity contribution in [1.29, 1.82) is 0 Å². The fourth-order valence-corrected chi connectivity index (χ4v) is 1.58. The SMILES string of the molecule is O=C(O)/C=C/c1ccc(S(=O)(=O)NO)cc1. The van der Waals surface area contributed by atoms with E-state index < -0.39 is 16.0 Å². The average molecular weight is 243 g/mol. The van der Waals surface area contributed by atoms with E-state index in [1.807, 2.05) is 0 Å². The number of hydrogen-bond acceptors (Lipinski definition) is 4. The molecule has 0 spiro atoms. The van der Waals surface area contributed by atoms with Crippen molar-refractivity contribution >= 4 is 22.1 Å². The Morgan fingerprint density at radius 2 is 1.81 bits per heavy atom. The molecule has 0 atom stereocenters. The van der Waals surface area contributed by atoms with E-state index in [1.165, 1.54) is 35.2 Å². The first-order valence-corrected chi connectivity index (χ1v) is 5.61. The summed E-state index contributed by atoms with van der Waals surface area (Å²) < 4.78 is 22.2. The topological polar surface area (TPSA) is 104 Å². The smallest absolute Gasteiger partial charge is 0.328 e. The van der Waals surface area contributed by atoms with E-state index in [4.69, 9.17) is 10.3 Å². The van der Waals surface area contributed by atoms with E-state index in [1.54, 1.807) is 0 Å². The van der Waals surface area contributed by atoms with Crippen molar-refractivity contribution in [3.05, 3.63) is 35.9 Å². The lowest BCUT2D eigenvalue weighted by Gasteiger charge is -2.01. The predicted molar refractivity (Wildman–Crippen MR) is 55.2 cm³/mol. The van der Waals surface area contributed by atoms with Crippen LogP contribution in [0.5, 0.6) is 0 Å². The summed E-state index contributed by atoms with van der Waals surface area (Å²) in [5, 5.41) is 16.7. The Bertz CT molecular complexity index is 503. The lowest BCUT2D eigenvalue weighted by molar-refractivity contribution is -0.131. The maximum Gasteiger partial charge on any atom is 0.328 e. The molecule has 0 fully saturated rings. The minimum Gasteiger partial charge on any atom is -0.478 e. The van der Waals surface area contributed by atoms with Crippen molar-refractivity contribution < 1.29 is 23.5 Å². The van der Waals surface area contributed by atoms with Gasteiger partial charge in [0.15, 0.2) is 0 Å². The van der Waals surface area contributed by atoms with Gasteiger partial charge in [0.25, 0.3) is 10.0 Å². The van der Waals surface area contributed by atoms with E-state index in [2.05, 4.69) is 0 Å². The highest BCUT2D eigenvalue weighted by Crippen LogP contribution is 2.10. The zero-order valence-corrected chi connectivity index (χ0v) is 8.81. The van der Waals surface area contributed by atoms with Crippen molar-refractivity contribution in [3.63, 3.8) is 0 Å². The summed E-state index contributed by atoms with van der Waals surface area (Å²) >= 11 is 0. The minimum absolute atomic E-state index is 0.109. The summed E-state index contributed by atoms with van der Waals surface area (Å²) in [4.78, 5) is 11.3. The van der Waals surface area contributed by atoms with Gasteiger partial charge in [-0.25, -0.2) is 13.2 Å². The van der Waals surface area contributed by atoms with Crippen LogP contribution in [0.1, 0.15) is 5.56 Å². The molecule has 3 N–H and O–H groups in total. The average Bonchev–Trinajstić information content (AvgIpc) is 2.27. The molecule has 0 aliphatic heterocycles. The highest BCUT2D eigenvalue weighted by atomic mass is 32.2. The summed E-state index contributed by atoms with van der Waals surface area (Å²) in [5.74, 6) is -1.09. The molecule has 0 heterocycles. The van der Waals surface area contributed by atoms with Crippen LogP contribution in [-0.4, -0.2) is 24.7 Å². The van der Waals surface area contributed by atoms with Crippen LogP contribution in [0.4, 0.5) is 0 Å². The van der Waals surface area contributed by atoms with Gasteiger partial charge >= 0.3 is 5.97 Å². The van der Waals surface area contributed by atoms with Gasteiger partial charge < -0.3 is 10.3 Å². The molecule has 1 aromatic rings. The van der Waals surface area contributed by atoms with E-state index in [9.17, 15) is 13.2 Å². The molecule has 1 rings (SSSR count). The van der Waals surface area contributed by atoms with Crippen LogP contribution in [0.25, 0.3) is 6.08 Å². The summed E-state index contributed by atoms with van der Waals surface area (Å²) in [7, 11) is -3.88. The molecule has 0 radical (unpaired) electrons. The molecule has 6 nitrogen and oxygen atoms in total. The molecule has 86 valence electrons. The van der Waals surface area contributed by atoms with Gasteiger partial charge in [-0.15, -0.1) is 0 Å². The number of carboxylic acids is 1. The van der Waals surface area contributed by atoms with Gasteiger partial charge in [0, 0.05) is 6.08 Å². The van der Waals surface area contributed by atoms with Gasteiger partial charge in [-0.3, -0.25) is 0 Å². The second kappa shape index (κ2) is 4.88. The van der Waals surface area contributed by atoms with E-state index >= 15 is 0 Å². The second-order valence-corrected chi connectivity index (χ2v) is 4.50. The summed E-state index contributed by atoms with van der Waals surface area (Å²) in [6, 6.07) is 5.34. The van der Waals surface area contributed by atoms with E-state index in [-0.39, 0.29) is 4.90 Å². The summed E-state index contributed by atoms with van der Waals surface area (Å²) in [6.07, 6.45) is 2.26. The molecule has 0 saturated carbocycles. The van der Waals surface area contributed by atoms with Crippen molar-refractivity contribution in [2.24, 2.45) is 0 Å². The van der Waals surface area contributed by atoms with Crippen LogP contribution >= 0.6 is 0 Å². The lowest BCUT2D eigenvalue weighted by Crippen LogP contribution is -2.19. The maximum absolute atomic E-state index is 11.1. The Balaban J connectivity index is 2.96. The molecule has 0 bridgehead atoms. The molecule has 0 aliphatic carbocycles. The van der Waals surface area contributed by atoms with Crippen LogP contribution in [0, 0.1) is 0 Å². The first kappa shape index (κ1) is 12.4. The zero-order chi connectivity index (χ0) is 12.2. The Kier molecular flexibility index (Phi) is 3.78. The number of aliphatic carboxylic acids is 1. The number of hydrogen-bond donors (Lipinski definition) is 3. The van der Waals surface area contributed by atoms with Gasteiger partial charge in [0.1, 0.15) is 0 Å². The van der Waals surface area contributed by atoms with Crippen LogP contribution in [-0.2, 0) is 14.8 Å². The van der Waals surface area contributed by atoms with Crippen LogP contribution in [0.3, 0.4) is 0 Å². The fraction of sp³-hybridized carbons (Fsp3) is 0. The highest BCUT2D eigenvalue weighted by molar-refractivity contribution is 7.89. The fourth-order valence-electron chi connectivity index (χ4n) is 0.978. The summed E-state index contributed by atoms with van der Waals surface area (Å²) in [6.45, 7) is 0. The Hall–Kier alpha value is -1.70. The minimum atomic E-state index is -3.88. The Labute approximate surface area is 91.9 Å². The number of nitrogens with one attached hydrogen (secondary N) is 1. The maximum atomic E-state index is 11.1. The molecule has 0 saturated heterocycles. The van der Waals surface area contributed by atoms with Gasteiger partial charge in [-0.2, -0.15) is 0 Å². The quantitative estimate of drug-likeness (QED) is 0.526. The first-order chi connectivity index (χ1) is 7.45. The normalized spacial score (nSPS) is 11.8. The largest absolute Gasteiger partial charge is 0.478 e. The second-order valence-electron chi connectivity index (χ2n) is 2.84. The molecule has 7 heteroatoms. The van der Waals surface area contributed by atoms with Crippen molar-refractivity contribution in [2.75, 3.05) is 0 Å². The third-order valence-corrected chi connectivity index (χ3v) is 2.86. The van der Waals surface area contributed by atoms with Gasteiger partial charge in [-0.1, -0.05) is 17.0 Å². The molecule has 0 aromatic heterocycles. The number of benzene rings is 1. The molecule has 16 heavy (non-hydrogen) atoms. The number of sulfonamides is 1. The van der Waals surface area contributed by atoms with Gasteiger partial charge in [0.05, 0.1) is 4.90 Å². The number of rotatable bonds is 4. The van der Waals surface area contributed by atoms with Crippen molar-refractivity contribution in [2.45, 2.75) is 4.90 Å². The molecular weight excluding hydrogens is 234 g/mol. The molecular formula is C9H9NO5S. The number of carbonyl (C=O) groups is 1. The van der Waals surface area contributed by atoms with Crippen LogP contribution in [0.15, 0.2) is 35.2 Å². The molecule has 1 aromatic carbocycles. The van der Waals surface area contributed by atoms with Crippen molar-refractivity contribution in [3.8, 4) is 0 Å². The van der Waals surface area contributed by atoms with Crippen LogP contribution < -0.4 is 4.89 Å². The Morgan fingerprint density at radius 3 is 2.25 bits per heavy atom. The zero-order valence-electron chi connectivity index (χ0n) is 7.99. The van der Waals surface area contributed by atoms with E-state index in [0.717, 1.165) is 6.08 Å². The van der Waals surface area contributed by atoms with Crippen molar-refractivity contribution in [1.82, 2.24) is 4.89 Å². The Morgan fingerprint density at radius 1 is 1.25 bits per heavy atom. The molecule has 0 aliphatic rings. The number of carboxylic acid groups (broad SMARTS) is 1. The lowest BCUT2D eigenvalue weighted by atomic mass is 10.2. The molecule has 0 amide bonds. The third-order valence-electron chi connectivity index (χ3n) is 1.73. The standard InChI is InChI=1S/C9H9NO5S/c11-9(12)6-3-7-1-4-8(5-2-7)16(14,15)10-13/h1-6,10,13H,(H,11,12)/b6-3+.